The van der Waals surface area contributed by atoms with Crippen LogP contribution in [0.15, 0.2) is 29.3 Å². The van der Waals surface area contributed by atoms with Gasteiger partial charge in [0, 0.05) is 26.2 Å². The average Bonchev–Trinajstić information content (AvgIpc) is 2.58. The van der Waals surface area contributed by atoms with Crippen molar-refractivity contribution in [3.63, 3.8) is 0 Å². The Morgan fingerprint density at radius 2 is 1.81 bits per heavy atom. The van der Waals surface area contributed by atoms with E-state index in [1.807, 2.05) is 0 Å². The lowest BCUT2D eigenvalue weighted by Gasteiger charge is -2.18. The number of halogens is 1. The third kappa shape index (κ3) is 10.3. The highest BCUT2D eigenvalue weighted by atomic mass is 127. The molecule has 150 valence electrons. The number of hydrogen-bond acceptors (Lipinski definition) is 3. The standard InChI is InChI=1S/C20H36N4O.HI/c1-5-9-17(12-13-25)14-22-20(21-6-2)23-15-18-10-7-8-11-19(18)16-24(3)4;/h7-8,10-11,17,25H,5-6,9,12-16H2,1-4H3,(H2,21,22,23);1H. The summed E-state index contributed by atoms with van der Waals surface area (Å²) in [6.45, 7) is 7.78. The lowest BCUT2D eigenvalue weighted by atomic mass is 10.0. The second-order valence-corrected chi connectivity index (χ2v) is 6.75. The number of aliphatic hydroxyl groups is 1. The van der Waals surface area contributed by atoms with Gasteiger partial charge in [-0.25, -0.2) is 4.99 Å². The van der Waals surface area contributed by atoms with Gasteiger partial charge in [0.15, 0.2) is 5.96 Å². The van der Waals surface area contributed by atoms with E-state index in [1.165, 1.54) is 11.1 Å². The Kier molecular flexibility index (Phi) is 14.7. The molecule has 0 spiro atoms. The molecule has 0 saturated carbocycles. The summed E-state index contributed by atoms with van der Waals surface area (Å²) in [6.07, 6.45) is 3.10. The minimum absolute atomic E-state index is 0. The molecule has 0 radical (unpaired) electrons. The van der Waals surface area contributed by atoms with Crippen molar-refractivity contribution >= 4 is 29.9 Å². The molecule has 1 unspecified atom stereocenters. The molecule has 0 saturated heterocycles. The lowest BCUT2D eigenvalue weighted by molar-refractivity contribution is 0.251. The zero-order valence-electron chi connectivity index (χ0n) is 16.8. The molecule has 5 nitrogen and oxygen atoms in total. The van der Waals surface area contributed by atoms with Gasteiger partial charge < -0.3 is 20.6 Å². The maximum absolute atomic E-state index is 9.21. The summed E-state index contributed by atoms with van der Waals surface area (Å²) in [4.78, 5) is 6.93. The third-order valence-electron chi connectivity index (χ3n) is 4.15. The molecule has 1 aromatic carbocycles. The second kappa shape index (κ2) is 15.2. The van der Waals surface area contributed by atoms with Crippen molar-refractivity contribution in [2.45, 2.75) is 46.2 Å². The number of benzene rings is 1. The van der Waals surface area contributed by atoms with Crippen LogP contribution in [0.4, 0.5) is 0 Å². The summed E-state index contributed by atoms with van der Waals surface area (Å²) < 4.78 is 0. The Balaban J connectivity index is 0.00000625. The Morgan fingerprint density at radius 3 is 2.38 bits per heavy atom. The predicted molar refractivity (Wildman–Crippen MR) is 122 cm³/mol. The topological polar surface area (TPSA) is 59.9 Å². The van der Waals surface area contributed by atoms with Crippen molar-refractivity contribution in [1.29, 1.82) is 0 Å². The molecule has 0 fully saturated rings. The molecular weight excluding hydrogens is 439 g/mol. The maximum atomic E-state index is 9.21. The van der Waals surface area contributed by atoms with Crippen LogP contribution in [-0.2, 0) is 13.1 Å². The summed E-state index contributed by atoms with van der Waals surface area (Å²) in [5.74, 6) is 1.33. The fraction of sp³-hybridized carbons (Fsp3) is 0.650. The Labute approximate surface area is 176 Å². The molecule has 1 atom stereocenters. The van der Waals surface area contributed by atoms with Crippen molar-refractivity contribution in [2.24, 2.45) is 10.9 Å². The van der Waals surface area contributed by atoms with Crippen LogP contribution >= 0.6 is 24.0 Å². The monoisotopic (exact) mass is 476 g/mol. The molecule has 0 aliphatic rings. The SMILES string of the molecule is CCCC(CCO)CNC(=NCc1ccccc1CN(C)C)NCC.I. The number of nitrogens with one attached hydrogen (secondary N) is 2. The molecule has 1 rings (SSSR count). The van der Waals surface area contributed by atoms with E-state index >= 15 is 0 Å². The first kappa shape index (κ1) is 25.1. The fourth-order valence-electron chi connectivity index (χ4n) is 2.89. The van der Waals surface area contributed by atoms with Crippen molar-refractivity contribution in [3.8, 4) is 0 Å². The number of aliphatic imine (C=N–C) groups is 1. The fourth-order valence-corrected chi connectivity index (χ4v) is 2.89. The van der Waals surface area contributed by atoms with E-state index in [4.69, 9.17) is 4.99 Å². The van der Waals surface area contributed by atoms with Crippen LogP contribution in [0.3, 0.4) is 0 Å². The number of guanidine groups is 1. The van der Waals surface area contributed by atoms with Crippen LogP contribution in [0.2, 0.25) is 0 Å². The predicted octanol–water partition coefficient (Wildman–Crippen LogP) is 3.22. The van der Waals surface area contributed by atoms with E-state index in [-0.39, 0.29) is 30.6 Å². The second-order valence-electron chi connectivity index (χ2n) is 6.75. The molecule has 0 amide bonds. The Bertz CT molecular complexity index is 502. The van der Waals surface area contributed by atoms with Crippen molar-refractivity contribution in [3.05, 3.63) is 35.4 Å². The van der Waals surface area contributed by atoms with Crippen molar-refractivity contribution < 1.29 is 5.11 Å². The zero-order valence-corrected chi connectivity index (χ0v) is 19.1. The Hall–Kier alpha value is -0.860. The summed E-state index contributed by atoms with van der Waals surface area (Å²) in [7, 11) is 4.17. The van der Waals surface area contributed by atoms with Crippen LogP contribution in [-0.4, -0.2) is 49.8 Å². The highest BCUT2D eigenvalue weighted by Crippen LogP contribution is 2.12. The van der Waals surface area contributed by atoms with E-state index in [9.17, 15) is 5.11 Å². The van der Waals surface area contributed by atoms with Gasteiger partial charge >= 0.3 is 0 Å². The van der Waals surface area contributed by atoms with E-state index in [0.717, 1.165) is 44.9 Å². The molecule has 0 aliphatic carbocycles. The summed E-state index contributed by atoms with van der Waals surface area (Å²) in [5.41, 5.74) is 2.57. The zero-order chi connectivity index (χ0) is 18.5. The first-order valence-corrected chi connectivity index (χ1v) is 9.45. The normalized spacial score (nSPS) is 12.6. The van der Waals surface area contributed by atoms with Crippen LogP contribution in [0.25, 0.3) is 0 Å². The van der Waals surface area contributed by atoms with Gasteiger partial charge in [0.2, 0.25) is 0 Å². The highest BCUT2D eigenvalue weighted by molar-refractivity contribution is 14.0. The highest BCUT2D eigenvalue weighted by Gasteiger charge is 2.09. The molecule has 1 aromatic rings. The van der Waals surface area contributed by atoms with Crippen LogP contribution in [0, 0.1) is 5.92 Å². The first-order chi connectivity index (χ1) is 12.1. The van der Waals surface area contributed by atoms with E-state index < -0.39 is 0 Å². The smallest absolute Gasteiger partial charge is 0.191 e. The molecule has 0 bridgehead atoms. The Morgan fingerprint density at radius 1 is 1.12 bits per heavy atom. The third-order valence-corrected chi connectivity index (χ3v) is 4.15. The molecule has 6 heteroatoms. The summed E-state index contributed by atoms with van der Waals surface area (Å²) in [5, 5.41) is 16.0. The number of hydrogen-bond donors (Lipinski definition) is 3. The molecule has 0 aliphatic heterocycles. The van der Waals surface area contributed by atoms with E-state index in [2.05, 4.69) is 67.7 Å². The maximum Gasteiger partial charge on any atom is 0.191 e. The van der Waals surface area contributed by atoms with Gasteiger partial charge in [0.05, 0.1) is 6.54 Å². The summed E-state index contributed by atoms with van der Waals surface area (Å²) >= 11 is 0. The van der Waals surface area contributed by atoms with Crippen LogP contribution < -0.4 is 10.6 Å². The molecule has 3 N–H and O–H groups in total. The lowest BCUT2D eigenvalue weighted by Crippen LogP contribution is -2.40. The van der Waals surface area contributed by atoms with Crippen LogP contribution in [0.1, 0.15) is 44.2 Å². The first-order valence-electron chi connectivity index (χ1n) is 9.45. The van der Waals surface area contributed by atoms with Gasteiger partial charge in [0.1, 0.15) is 0 Å². The minimum Gasteiger partial charge on any atom is -0.396 e. The van der Waals surface area contributed by atoms with E-state index in [0.29, 0.717) is 12.5 Å². The minimum atomic E-state index is 0. The number of nitrogens with zero attached hydrogens (tertiary/aromatic N) is 2. The van der Waals surface area contributed by atoms with Gasteiger partial charge in [-0.05, 0) is 50.9 Å². The van der Waals surface area contributed by atoms with Gasteiger partial charge in [-0.1, -0.05) is 37.6 Å². The average molecular weight is 476 g/mol. The van der Waals surface area contributed by atoms with Gasteiger partial charge in [0.25, 0.3) is 0 Å². The van der Waals surface area contributed by atoms with Crippen molar-refractivity contribution in [1.82, 2.24) is 15.5 Å². The molecular formula is C20H37IN4O. The quantitative estimate of drug-likeness (QED) is 0.261. The van der Waals surface area contributed by atoms with Gasteiger partial charge in [-0.2, -0.15) is 0 Å². The van der Waals surface area contributed by atoms with Gasteiger partial charge in [-0.3, -0.25) is 0 Å². The number of rotatable bonds is 11. The number of aliphatic hydroxyl groups excluding tert-OH is 1. The molecule has 0 aromatic heterocycles. The van der Waals surface area contributed by atoms with Gasteiger partial charge in [-0.15, -0.1) is 24.0 Å². The molecule has 0 heterocycles. The van der Waals surface area contributed by atoms with Crippen LogP contribution in [0.5, 0.6) is 0 Å². The van der Waals surface area contributed by atoms with E-state index in [1.54, 1.807) is 0 Å². The molecule has 26 heavy (non-hydrogen) atoms. The summed E-state index contributed by atoms with van der Waals surface area (Å²) in [6, 6.07) is 8.48. The van der Waals surface area contributed by atoms with Crippen molar-refractivity contribution in [2.75, 3.05) is 33.8 Å². The largest absolute Gasteiger partial charge is 0.396 e.